The molecule has 0 fully saturated rings. The number of aliphatic carboxylic acids is 1. The van der Waals surface area contributed by atoms with Crippen LogP contribution in [0.15, 0.2) is 36.5 Å². The van der Waals surface area contributed by atoms with Crippen molar-refractivity contribution in [3.8, 4) is 36.0 Å². The van der Waals surface area contributed by atoms with Crippen molar-refractivity contribution in [3.63, 3.8) is 0 Å². The van der Waals surface area contributed by atoms with Crippen LogP contribution in [0.2, 0.25) is 0 Å². The lowest BCUT2D eigenvalue weighted by atomic mass is 10.1. The Balaban J connectivity index is 3.32. The van der Waals surface area contributed by atoms with Crippen molar-refractivity contribution >= 4 is 5.97 Å². The number of aliphatic hydroxyl groups excluding tert-OH is 1. The second-order valence-electron chi connectivity index (χ2n) is 8.40. The first-order valence-corrected chi connectivity index (χ1v) is 13.0. The van der Waals surface area contributed by atoms with E-state index in [1.165, 1.54) is 51.4 Å². The van der Waals surface area contributed by atoms with Gasteiger partial charge in [0.25, 0.3) is 0 Å². The van der Waals surface area contributed by atoms with E-state index in [0.29, 0.717) is 0 Å². The maximum atomic E-state index is 10.2. The second kappa shape index (κ2) is 26.6. The van der Waals surface area contributed by atoms with Crippen LogP contribution in [0.3, 0.4) is 0 Å². The average molecular weight is 465 g/mol. The Morgan fingerprint density at radius 3 is 1.91 bits per heavy atom. The first-order valence-electron chi connectivity index (χ1n) is 13.0. The number of aliphatic hydroxyl groups is 1. The normalized spacial score (nSPS) is 11.8. The van der Waals surface area contributed by atoms with Crippen LogP contribution in [-0.2, 0) is 4.79 Å². The lowest BCUT2D eigenvalue weighted by molar-refractivity contribution is -0.130. The van der Waals surface area contributed by atoms with Crippen molar-refractivity contribution in [3.05, 3.63) is 36.5 Å². The standard InChI is InChI=1S/C31H44O3/c1-2-30(32)28-26-24-22-20-18-16-14-12-10-8-6-4-3-5-7-9-11-13-15-17-19-21-23-25-27-29-31(33)34/h1,6,8,23,25-26,28,30,32H,3-5,7,9-11,13,15-22,24H2,(H,33,34)/b8-6-,25-23-,28-26+/t30-/m1/s1. The molecule has 0 aromatic carbocycles. The Morgan fingerprint density at radius 2 is 1.29 bits per heavy atom. The Morgan fingerprint density at radius 1 is 0.735 bits per heavy atom. The molecule has 3 heteroatoms. The van der Waals surface area contributed by atoms with E-state index >= 15 is 0 Å². The first-order chi connectivity index (χ1) is 16.7. The van der Waals surface area contributed by atoms with Gasteiger partial charge >= 0.3 is 5.97 Å². The summed E-state index contributed by atoms with van der Waals surface area (Å²) < 4.78 is 0. The van der Waals surface area contributed by atoms with Crippen molar-refractivity contribution in [2.24, 2.45) is 0 Å². The molecular formula is C31H44O3. The molecule has 0 unspecified atom stereocenters. The van der Waals surface area contributed by atoms with E-state index in [0.717, 1.165) is 57.8 Å². The molecule has 3 nitrogen and oxygen atoms in total. The fourth-order valence-corrected chi connectivity index (χ4v) is 3.36. The molecule has 0 aliphatic heterocycles. The van der Waals surface area contributed by atoms with E-state index < -0.39 is 12.1 Å². The van der Waals surface area contributed by atoms with Crippen LogP contribution in [-0.4, -0.2) is 22.3 Å². The quantitative estimate of drug-likeness (QED) is 0.119. The van der Waals surface area contributed by atoms with Gasteiger partial charge in [0.05, 0.1) is 0 Å². The number of carboxylic acid groups (broad SMARTS) is 1. The third kappa shape index (κ3) is 27.4. The van der Waals surface area contributed by atoms with E-state index in [1.54, 1.807) is 12.2 Å². The summed E-state index contributed by atoms with van der Waals surface area (Å²) in [5.74, 6) is 12.2. The molecule has 0 aromatic heterocycles. The van der Waals surface area contributed by atoms with Crippen LogP contribution in [0.25, 0.3) is 0 Å². The smallest absolute Gasteiger partial charge is 0.382 e. The van der Waals surface area contributed by atoms with Crippen LogP contribution < -0.4 is 0 Å². The summed E-state index contributed by atoms with van der Waals surface area (Å²) in [5.41, 5.74) is 0. The lowest BCUT2D eigenvalue weighted by Gasteiger charge is -2.01. The minimum atomic E-state index is -1.08. The zero-order chi connectivity index (χ0) is 25.0. The van der Waals surface area contributed by atoms with Gasteiger partial charge in [-0.3, -0.25) is 0 Å². The SMILES string of the molecule is C#C[C@@H](O)/C=C/CCCCCC#CC/C=C\CCCCCCCCCCC/C=C\C#CC(=O)O. The molecule has 186 valence electrons. The minimum absolute atomic E-state index is 0.748. The molecule has 0 rings (SSSR count). The zero-order valence-electron chi connectivity index (χ0n) is 20.9. The molecular weight excluding hydrogens is 420 g/mol. The Labute approximate surface area is 208 Å². The van der Waals surface area contributed by atoms with Crippen LogP contribution in [0.1, 0.15) is 109 Å². The third-order valence-electron chi connectivity index (χ3n) is 5.30. The van der Waals surface area contributed by atoms with Gasteiger partial charge in [-0.05, 0) is 57.1 Å². The summed E-state index contributed by atoms with van der Waals surface area (Å²) in [7, 11) is 0. The number of terminal acetylenes is 1. The number of hydrogen-bond acceptors (Lipinski definition) is 2. The number of carbonyl (C=O) groups is 1. The Hall–Kier alpha value is -2.67. The fourth-order valence-electron chi connectivity index (χ4n) is 3.36. The molecule has 34 heavy (non-hydrogen) atoms. The van der Waals surface area contributed by atoms with Crippen LogP contribution in [0, 0.1) is 36.0 Å². The third-order valence-corrected chi connectivity index (χ3v) is 5.30. The van der Waals surface area contributed by atoms with E-state index in [-0.39, 0.29) is 0 Å². The number of rotatable bonds is 19. The summed E-state index contributed by atoms with van der Waals surface area (Å²) >= 11 is 0. The monoisotopic (exact) mass is 464 g/mol. The predicted molar refractivity (Wildman–Crippen MR) is 144 cm³/mol. The van der Waals surface area contributed by atoms with Crippen LogP contribution in [0.5, 0.6) is 0 Å². The zero-order valence-corrected chi connectivity index (χ0v) is 20.9. The minimum Gasteiger partial charge on any atom is -0.472 e. The highest BCUT2D eigenvalue weighted by Crippen LogP contribution is 2.11. The van der Waals surface area contributed by atoms with Crippen LogP contribution >= 0.6 is 0 Å². The van der Waals surface area contributed by atoms with Gasteiger partial charge in [0.15, 0.2) is 0 Å². The highest BCUT2D eigenvalue weighted by Gasteiger charge is 1.92. The van der Waals surface area contributed by atoms with Gasteiger partial charge in [0, 0.05) is 18.8 Å². The van der Waals surface area contributed by atoms with E-state index in [4.69, 9.17) is 11.5 Å². The largest absolute Gasteiger partial charge is 0.472 e. The average Bonchev–Trinajstić information content (AvgIpc) is 2.83. The fraction of sp³-hybridized carbons (Fsp3) is 0.581. The molecule has 1 atom stereocenters. The Bertz CT molecular complexity index is 744. The molecule has 0 saturated heterocycles. The van der Waals surface area contributed by atoms with Gasteiger partial charge in [-0.25, -0.2) is 4.79 Å². The molecule has 0 aliphatic carbocycles. The van der Waals surface area contributed by atoms with Crippen molar-refractivity contribution in [2.45, 2.75) is 115 Å². The molecule has 0 spiro atoms. The Kier molecular flexibility index (Phi) is 24.5. The molecule has 0 heterocycles. The van der Waals surface area contributed by atoms with E-state index in [1.807, 2.05) is 12.2 Å². The summed E-state index contributed by atoms with van der Waals surface area (Å²) in [6, 6.07) is 0. The topological polar surface area (TPSA) is 57.5 Å². The van der Waals surface area contributed by atoms with Gasteiger partial charge in [0.1, 0.15) is 6.10 Å². The van der Waals surface area contributed by atoms with E-state index in [2.05, 4.69) is 41.8 Å². The van der Waals surface area contributed by atoms with Gasteiger partial charge in [-0.15, -0.1) is 12.3 Å². The van der Waals surface area contributed by atoms with Gasteiger partial charge < -0.3 is 10.2 Å². The van der Waals surface area contributed by atoms with Crippen molar-refractivity contribution < 1.29 is 15.0 Å². The molecule has 0 aromatic rings. The molecule has 0 aliphatic rings. The molecule has 2 N–H and O–H groups in total. The maximum absolute atomic E-state index is 10.2. The number of unbranched alkanes of at least 4 members (excludes halogenated alkanes) is 14. The number of allylic oxidation sites excluding steroid dienone is 5. The summed E-state index contributed by atoms with van der Waals surface area (Å²) in [4.78, 5) is 10.2. The van der Waals surface area contributed by atoms with E-state index in [9.17, 15) is 9.90 Å². The van der Waals surface area contributed by atoms with Crippen molar-refractivity contribution in [1.29, 1.82) is 0 Å². The highest BCUT2D eigenvalue weighted by atomic mass is 16.4. The highest BCUT2D eigenvalue weighted by molar-refractivity contribution is 5.86. The second-order valence-corrected chi connectivity index (χ2v) is 8.40. The van der Waals surface area contributed by atoms with Gasteiger partial charge in [0.2, 0.25) is 0 Å². The van der Waals surface area contributed by atoms with Crippen molar-refractivity contribution in [2.75, 3.05) is 0 Å². The first kappa shape index (κ1) is 31.3. The molecule has 0 amide bonds. The summed E-state index contributed by atoms with van der Waals surface area (Å²) in [6.07, 6.45) is 35.9. The maximum Gasteiger partial charge on any atom is 0.382 e. The molecule has 0 bridgehead atoms. The van der Waals surface area contributed by atoms with Crippen LogP contribution in [0.4, 0.5) is 0 Å². The van der Waals surface area contributed by atoms with Crippen molar-refractivity contribution in [1.82, 2.24) is 0 Å². The summed E-state index contributed by atoms with van der Waals surface area (Å²) in [6.45, 7) is 0. The summed E-state index contributed by atoms with van der Waals surface area (Å²) in [5, 5.41) is 17.6. The molecule has 0 saturated carbocycles. The lowest BCUT2D eigenvalue weighted by Crippen LogP contribution is -1.95. The van der Waals surface area contributed by atoms with Gasteiger partial charge in [-0.2, -0.15) is 0 Å². The van der Waals surface area contributed by atoms with Gasteiger partial charge in [-0.1, -0.05) is 93.4 Å². The molecule has 0 radical (unpaired) electrons. The number of hydrogen-bond donors (Lipinski definition) is 2. The predicted octanol–water partition coefficient (Wildman–Crippen LogP) is 7.37. The number of carboxylic acids is 1.